The molecule has 0 aliphatic rings. The molecule has 0 radical (unpaired) electrons. The summed E-state index contributed by atoms with van der Waals surface area (Å²) in [7, 11) is 1.79. The lowest BCUT2D eigenvalue weighted by Crippen LogP contribution is -2.44. The average Bonchev–Trinajstić information content (AvgIpc) is 2.56. The molecule has 126 valence electrons. The van der Waals surface area contributed by atoms with Gasteiger partial charge in [-0.3, -0.25) is 14.9 Å². The third-order valence-electron chi connectivity index (χ3n) is 3.11. The molecular weight excluding hydrogens is 302 g/mol. The van der Waals surface area contributed by atoms with Crippen LogP contribution in [0.25, 0.3) is 0 Å². The first-order valence-electron chi connectivity index (χ1n) is 7.11. The summed E-state index contributed by atoms with van der Waals surface area (Å²) in [6.45, 7) is 2.48. The van der Waals surface area contributed by atoms with E-state index in [-0.39, 0.29) is 30.7 Å². The number of carbonyl (C=O) groups is 2. The van der Waals surface area contributed by atoms with Crippen molar-refractivity contribution >= 4 is 17.6 Å². The van der Waals surface area contributed by atoms with Crippen molar-refractivity contribution in [3.05, 3.63) is 39.9 Å². The first kappa shape index (κ1) is 18.4. The van der Waals surface area contributed by atoms with Crippen LogP contribution in [0.4, 0.5) is 10.5 Å². The topological polar surface area (TPSA) is 125 Å². The average molecular weight is 323 g/mol. The van der Waals surface area contributed by atoms with Crippen molar-refractivity contribution in [2.24, 2.45) is 0 Å². The van der Waals surface area contributed by atoms with Crippen molar-refractivity contribution in [2.45, 2.75) is 19.5 Å². The third-order valence-corrected chi connectivity index (χ3v) is 3.11. The fourth-order valence-corrected chi connectivity index (χ4v) is 1.57. The number of hydrogen-bond donors (Lipinski definition) is 4. The van der Waals surface area contributed by atoms with Gasteiger partial charge in [-0.15, -0.1) is 0 Å². The number of nitro benzene ring substituents is 1. The van der Waals surface area contributed by atoms with Crippen molar-refractivity contribution in [2.75, 3.05) is 20.1 Å². The maximum Gasteiger partial charge on any atom is 0.315 e. The lowest BCUT2D eigenvalue weighted by atomic mass is 10.2. The first-order valence-corrected chi connectivity index (χ1v) is 7.11. The van der Waals surface area contributed by atoms with Gasteiger partial charge in [-0.2, -0.15) is 0 Å². The monoisotopic (exact) mass is 323 g/mol. The molecule has 0 fully saturated rings. The van der Waals surface area contributed by atoms with Crippen molar-refractivity contribution in [3.8, 4) is 0 Å². The first-order chi connectivity index (χ1) is 10.9. The number of non-ortho nitro benzene ring substituents is 1. The van der Waals surface area contributed by atoms with Crippen LogP contribution < -0.4 is 21.3 Å². The van der Waals surface area contributed by atoms with Crippen LogP contribution in [-0.4, -0.2) is 43.0 Å². The van der Waals surface area contributed by atoms with E-state index in [2.05, 4.69) is 21.3 Å². The minimum Gasteiger partial charge on any atom is -0.353 e. The number of urea groups is 1. The molecule has 0 aliphatic carbocycles. The summed E-state index contributed by atoms with van der Waals surface area (Å²) in [5.74, 6) is -0.280. The standard InChI is InChI=1S/C14H21N5O4/c1-10(15-2)7-16-13(20)9-18-14(21)17-8-11-3-5-12(6-4-11)19(22)23/h3-6,10,15H,7-9H2,1-2H3,(H,16,20)(H2,17,18,21). The van der Waals surface area contributed by atoms with Gasteiger partial charge in [0, 0.05) is 31.3 Å². The summed E-state index contributed by atoms with van der Waals surface area (Å²) >= 11 is 0. The normalized spacial score (nSPS) is 11.4. The lowest BCUT2D eigenvalue weighted by molar-refractivity contribution is -0.384. The summed E-state index contributed by atoms with van der Waals surface area (Å²) in [6.07, 6.45) is 0. The van der Waals surface area contributed by atoms with Crippen molar-refractivity contribution < 1.29 is 14.5 Å². The van der Waals surface area contributed by atoms with Crippen LogP contribution in [0, 0.1) is 10.1 Å². The number of nitro groups is 1. The summed E-state index contributed by atoms with van der Waals surface area (Å²) in [5, 5.41) is 21.2. The van der Waals surface area contributed by atoms with Gasteiger partial charge < -0.3 is 21.3 Å². The van der Waals surface area contributed by atoms with Crippen LogP contribution >= 0.6 is 0 Å². The van der Waals surface area contributed by atoms with Gasteiger partial charge in [0.25, 0.3) is 5.69 Å². The molecule has 1 aromatic rings. The van der Waals surface area contributed by atoms with Crippen molar-refractivity contribution in [1.29, 1.82) is 0 Å². The highest BCUT2D eigenvalue weighted by Crippen LogP contribution is 2.11. The number of benzene rings is 1. The van der Waals surface area contributed by atoms with E-state index in [0.717, 1.165) is 5.56 Å². The number of amides is 3. The molecule has 9 nitrogen and oxygen atoms in total. The molecule has 0 heterocycles. The van der Waals surface area contributed by atoms with Crippen LogP contribution in [0.15, 0.2) is 24.3 Å². The van der Waals surface area contributed by atoms with Crippen LogP contribution in [0.1, 0.15) is 12.5 Å². The summed E-state index contributed by atoms with van der Waals surface area (Å²) in [6, 6.07) is 5.51. The molecule has 1 rings (SSSR count). The van der Waals surface area contributed by atoms with E-state index >= 15 is 0 Å². The number of nitrogens with zero attached hydrogens (tertiary/aromatic N) is 1. The van der Waals surface area contributed by atoms with E-state index in [0.29, 0.717) is 6.54 Å². The van der Waals surface area contributed by atoms with Gasteiger partial charge in [0.05, 0.1) is 11.5 Å². The Labute approximate surface area is 134 Å². The highest BCUT2D eigenvalue weighted by Gasteiger charge is 2.07. The second-order valence-corrected chi connectivity index (χ2v) is 4.95. The highest BCUT2D eigenvalue weighted by atomic mass is 16.6. The molecule has 1 atom stereocenters. The molecule has 4 N–H and O–H groups in total. The van der Waals surface area contributed by atoms with Gasteiger partial charge >= 0.3 is 6.03 Å². The summed E-state index contributed by atoms with van der Waals surface area (Å²) < 4.78 is 0. The Morgan fingerprint density at radius 3 is 2.39 bits per heavy atom. The van der Waals surface area contributed by atoms with E-state index < -0.39 is 11.0 Å². The second kappa shape index (κ2) is 9.36. The van der Waals surface area contributed by atoms with E-state index in [4.69, 9.17) is 0 Å². The smallest absolute Gasteiger partial charge is 0.315 e. The van der Waals surface area contributed by atoms with Gasteiger partial charge in [0.2, 0.25) is 5.91 Å². The molecule has 0 bridgehead atoms. The second-order valence-electron chi connectivity index (χ2n) is 4.95. The molecule has 1 unspecified atom stereocenters. The van der Waals surface area contributed by atoms with Crippen LogP contribution in [-0.2, 0) is 11.3 Å². The van der Waals surface area contributed by atoms with E-state index in [1.165, 1.54) is 12.1 Å². The van der Waals surface area contributed by atoms with Crippen LogP contribution in [0.3, 0.4) is 0 Å². The number of carbonyl (C=O) groups excluding carboxylic acids is 2. The highest BCUT2D eigenvalue weighted by molar-refractivity contribution is 5.83. The quantitative estimate of drug-likeness (QED) is 0.399. The predicted octanol–water partition coefficient (Wildman–Crippen LogP) is 0.118. The number of nitrogens with one attached hydrogen (secondary N) is 4. The van der Waals surface area contributed by atoms with Crippen molar-refractivity contribution in [1.82, 2.24) is 21.3 Å². The number of rotatable bonds is 8. The summed E-state index contributed by atoms with van der Waals surface area (Å²) in [5.41, 5.74) is 0.712. The molecule has 0 saturated carbocycles. The molecule has 0 aromatic heterocycles. The molecule has 0 spiro atoms. The lowest BCUT2D eigenvalue weighted by Gasteiger charge is -2.12. The Hall–Kier alpha value is -2.68. The fourth-order valence-electron chi connectivity index (χ4n) is 1.57. The molecule has 0 saturated heterocycles. The molecule has 3 amide bonds. The molecule has 0 aliphatic heterocycles. The van der Waals surface area contributed by atoms with E-state index in [1.54, 1.807) is 19.2 Å². The molecule has 23 heavy (non-hydrogen) atoms. The zero-order valence-corrected chi connectivity index (χ0v) is 13.1. The Morgan fingerprint density at radius 1 is 1.17 bits per heavy atom. The van der Waals surface area contributed by atoms with Gasteiger partial charge in [0.15, 0.2) is 0 Å². The minimum absolute atomic E-state index is 0.00864. The van der Waals surface area contributed by atoms with Gasteiger partial charge in [-0.25, -0.2) is 4.79 Å². The van der Waals surface area contributed by atoms with E-state index in [9.17, 15) is 19.7 Å². The maximum absolute atomic E-state index is 11.6. The zero-order chi connectivity index (χ0) is 17.2. The fraction of sp³-hybridized carbons (Fsp3) is 0.429. The Balaban J connectivity index is 2.26. The van der Waals surface area contributed by atoms with Gasteiger partial charge in [0.1, 0.15) is 0 Å². The minimum atomic E-state index is -0.489. The molecule has 9 heteroatoms. The Kier molecular flexibility index (Phi) is 7.48. The zero-order valence-electron chi connectivity index (χ0n) is 13.1. The maximum atomic E-state index is 11.6. The SMILES string of the molecule is CNC(C)CNC(=O)CNC(=O)NCc1ccc([N+](=O)[O-])cc1. The summed E-state index contributed by atoms with van der Waals surface area (Å²) in [4.78, 5) is 33.1. The molecule has 1 aromatic carbocycles. The van der Waals surface area contributed by atoms with Crippen LogP contribution in [0.2, 0.25) is 0 Å². The predicted molar refractivity (Wildman–Crippen MR) is 84.9 cm³/mol. The number of hydrogen-bond acceptors (Lipinski definition) is 5. The van der Waals surface area contributed by atoms with Gasteiger partial charge in [-0.1, -0.05) is 12.1 Å². The van der Waals surface area contributed by atoms with Crippen LogP contribution in [0.5, 0.6) is 0 Å². The van der Waals surface area contributed by atoms with Gasteiger partial charge in [-0.05, 0) is 19.5 Å². The number of likely N-dealkylation sites (N-methyl/N-ethyl adjacent to an activating group) is 1. The van der Waals surface area contributed by atoms with E-state index in [1.807, 2.05) is 6.92 Å². The Bertz CT molecular complexity index is 547. The largest absolute Gasteiger partial charge is 0.353 e. The Morgan fingerprint density at radius 2 is 1.83 bits per heavy atom. The third kappa shape index (κ3) is 7.23. The van der Waals surface area contributed by atoms with Crippen molar-refractivity contribution in [3.63, 3.8) is 0 Å². The molecular formula is C14H21N5O4.